The first-order chi connectivity index (χ1) is 18.7. The Hall–Kier alpha value is -4.08. The van der Waals surface area contributed by atoms with Gasteiger partial charge in [-0.05, 0) is 37.3 Å². The van der Waals surface area contributed by atoms with Gasteiger partial charge in [-0.3, -0.25) is 9.59 Å². The van der Waals surface area contributed by atoms with E-state index in [2.05, 4.69) is 10.6 Å². The monoisotopic (exact) mass is 556 g/mol. The normalized spacial score (nSPS) is 12.8. The first kappa shape index (κ1) is 32.1. The number of carbonyl (C=O) groups is 4. The van der Waals surface area contributed by atoms with Crippen LogP contribution in [0.15, 0.2) is 60.7 Å². The lowest BCUT2D eigenvalue weighted by Gasteiger charge is -2.32. The van der Waals surface area contributed by atoms with Gasteiger partial charge < -0.3 is 29.6 Å². The van der Waals surface area contributed by atoms with E-state index < -0.39 is 53.6 Å². The average molecular weight is 557 g/mol. The number of nitrogens with one attached hydrogen (secondary N) is 2. The zero-order valence-electron chi connectivity index (χ0n) is 24.0. The number of amides is 2. The number of esters is 1. The van der Waals surface area contributed by atoms with Gasteiger partial charge in [0.15, 0.2) is 0 Å². The predicted octanol–water partition coefficient (Wildman–Crippen LogP) is 4.90. The number of hydrogen-bond donors (Lipinski definition) is 2. The van der Waals surface area contributed by atoms with E-state index in [1.807, 2.05) is 69.3 Å². The highest BCUT2D eigenvalue weighted by atomic mass is 16.7. The van der Waals surface area contributed by atoms with Gasteiger partial charge in [0.25, 0.3) is 0 Å². The van der Waals surface area contributed by atoms with Gasteiger partial charge in [-0.15, -0.1) is 0 Å². The van der Waals surface area contributed by atoms with Crippen LogP contribution in [0.4, 0.5) is 9.59 Å². The van der Waals surface area contributed by atoms with Crippen molar-refractivity contribution in [3.8, 4) is 0 Å². The quantitative estimate of drug-likeness (QED) is 0.295. The summed E-state index contributed by atoms with van der Waals surface area (Å²) in [5.74, 6) is -1.35. The van der Waals surface area contributed by atoms with Crippen molar-refractivity contribution in [1.29, 1.82) is 0 Å². The lowest BCUT2D eigenvalue weighted by Crippen LogP contribution is -2.55. The molecule has 0 saturated carbocycles. The summed E-state index contributed by atoms with van der Waals surface area (Å²) in [4.78, 5) is 50.6. The summed E-state index contributed by atoms with van der Waals surface area (Å²) >= 11 is 0. The Kier molecular flexibility index (Phi) is 12.0. The van der Waals surface area contributed by atoms with Crippen LogP contribution in [-0.2, 0) is 41.8 Å². The third-order valence-corrected chi connectivity index (χ3v) is 5.55. The van der Waals surface area contributed by atoms with E-state index in [1.165, 1.54) is 0 Å². The molecule has 40 heavy (non-hydrogen) atoms. The molecule has 0 spiro atoms. The van der Waals surface area contributed by atoms with E-state index in [9.17, 15) is 19.2 Å². The van der Waals surface area contributed by atoms with Crippen LogP contribution < -0.4 is 10.6 Å². The lowest BCUT2D eigenvalue weighted by atomic mass is 9.87. The number of ether oxygens (including phenoxy) is 4. The van der Waals surface area contributed by atoms with Crippen LogP contribution in [0.2, 0.25) is 0 Å². The van der Waals surface area contributed by atoms with Crippen molar-refractivity contribution in [2.75, 3.05) is 6.61 Å². The molecule has 0 bridgehead atoms. The van der Waals surface area contributed by atoms with Crippen molar-refractivity contribution >= 4 is 24.1 Å². The maximum absolute atomic E-state index is 13.3. The highest BCUT2D eigenvalue weighted by Crippen LogP contribution is 2.20. The van der Waals surface area contributed by atoms with Crippen molar-refractivity contribution in [2.45, 2.75) is 78.9 Å². The summed E-state index contributed by atoms with van der Waals surface area (Å²) < 4.78 is 21.0. The maximum atomic E-state index is 13.3. The molecule has 0 saturated heterocycles. The summed E-state index contributed by atoms with van der Waals surface area (Å²) in [7, 11) is 0. The zero-order chi connectivity index (χ0) is 29.8. The van der Waals surface area contributed by atoms with E-state index in [0.717, 1.165) is 11.1 Å². The van der Waals surface area contributed by atoms with E-state index in [1.54, 1.807) is 32.9 Å². The van der Waals surface area contributed by atoms with Crippen LogP contribution in [0, 0.1) is 5.41 Å². The second kappa shape index (κ2) is 14.9. The van der Waals surface area contributed by atoms with Crippen molar-refractivity contribution in [1.82, 2.24) is 10.6 Å². The van der Waals surface area contributed by atoms with Crippen LogP contribution in [0.3, 0.4) is 0 Å². The van der Waals surface area contributed by atoms with Crippen LogP contribution in [-0.4, -0.2) is 48.4 Å². The van der Waals surface area contributed by atoms with Gasteiger partial charge in [0.2, 0.25) is 5.91 Å². The fraction of sp³-hybridized carbons (Fsp3) is 0.467. The van der Waals surface area contributed by atoms with E-state index in [0.29, 0.717) is 0 Å². The van der Waals surface area contributed by atoms with Crippen LogP contribution >= 0.6 is 0 Å². The fourth-order valence-electron chi connectivity index (χ4n) is 3.31. The van der Waals surface area contributed by atoms with Crippen LogP contribution in [0.25, 0.3) is 0 Å². The van der Waals surface area contributed by atoms with E-state index >= 15 is 0 Å². The third kappa shape index (κ3) is 12.6. The Bertz CT molecular complexity index is 1110. The molecule has 0 unspecified atom stereocenters. The number of benzene rings is 2. The first-order valence-electron chi connectivity index (χ1n) is 13.1. The average Bonchev–Trinajstić information content (AvgIpc) is 2.87. The molecular formula is C30H40N2O8. The Morgan fingerprint density at radius 2 is 1.25 bits per heavy atom. The van der Waals surface area contributed by atoms with Gasteiger partial charge in [0.05, 0.1) is 12.5 Å². The minimum absolute atomic E-state index is 0.0179. The van der Waals surface area contributed by atoms with Crippen molar-refractivity contribution in [2.24, 2.45) is 5.41 Å². The molecule has 0 heterocycles. The van der Waals surface area contributed by atoms with Gasteiger partial charge in [-0.2, -0.15) is 0 Å². The predicted molar refractivity (Wildman–Crippen MR) is 148 cm³/mol. The second-order valence-electron chi connectivity index (χ2n) is 11.3. The molecule has 0 fully saturated rings. The molecule has 0 radical (unpaired) electrons. The molecule has 2 aromatic carbocycles. The second-order valence-corrected chi connectivity index (χ2v) is 11.3. The Balaban J connectivity index is 2.04. The smallest absolute Gasteiger partial charge is 0.461 e. The first-order valence-corrected chi connectivity index (χ1v) is 13.1. The molecule has 0 aliphatic rings. The molecule has 10 heteroatoms. The van der Waals surface area contributed by atoms with Crippen LogP contribution in [0.5, 0.6) is 0 Å². The number of rotatable bonds is 11. The lowest BCUT2D eigenvalue weighted by molar-refractivity contribution is -0.147. The molecule has 0 aromatic heterocycles. The molecule has 2 N–H and O–H groups in total. The molecule has 0 aliphatic heterocycles. The third-order valence-electron chi connectivity index (χ3n) is 5.55. The Morgan fingerprint density at radius 3 is 1.75 bits per heavy atom. The summed E-state index contributed by atoms with van der Waals surface area (Å²) in [5.41, 5.74) is 0.205. The van der Waals surface area contributed by atoms with Crippen LogP contribution in [0.1, 0.15) is 59.1 Å². The van der Waals surface area contributed by atoms with E-state index in [-0.39, 0.29) is 19.8 Å². The fourth-order valence-corrected chi connectivity index (χ4v) is 3.31. The minimum Gasteiger partial charge on any atom is -0.461 e. The largest absolute Gasteiger partial charge is 0.508 e. The van der Waals surface area contributed by atoms with E-state index in [4.69, 9.17) is 18.9 Å². The zero-order valence-corrected chi connectivity index (χ0v) is 24.0. The summed E-state index contributed by atoms with van der Waals surface area (Å²) in [5, 5.41) is 5.24. The molecular weight excluding hydrogens is 516 g/mol. The SMILES string of the molecule is CC(C)(C)OC(=O)N[C@H](CC(=O)OCc1ccccc1)C(=O)N[C@H](COC(=O)OCc1ccccc1)C(C)(C)C. The summed E-state index contributed by atoms with van der Waals surface area (Å²) in [6.45, 7) is 10.5. The van der Waals surface area contributed by atoms with Crippen molar-refractivity contribution in [3.63, 3.8) is 0 Å². The topological polar surface area (TPSA) is 129 Å². The number of hydrogen-bond acceptors (Lipinski definition) is 8. The number of alkyl carbamates (subject to hydrolysis) is 1. The standard InChI is InChI=1S/C30H40N2O8/c1-29(2,3)24(20-39-28(36)38-19-22-15-11-8-12-16-22)32-26(34)23(31-27(35)40-30(4,5)6)17-25(33)37-18-21-13-9-7-10-14-21/h7-16,23-24H,17-20H2,1-6H3,(H,31,35)(H,32,34)/t23-,24-/m1/s1. The highest BCUT2D eigenvalue weighted by molar-refractivity contribution is 5.89. The summed E-state index contributed by atoms with van der Waals surface area (Å²) in [6, 6.07) is 16.2. The van der Waals surface area contributed by atoms with Gasteiger partial charge in [0.1, 0.15) is 31.5 Å². The molecule has 10 nitrogen and oxygen atoms in total. The molecule has 2 rings (SSSR count). The van der Waals surface area contributed by atoms with Gasteiger partial charge in [-0.25, -0.2) is 9.59 Å². The molecule has 2 atom stereocenters. The summed E-state index contributed by atoms with van der Waals surface area (Å²) in [6.07, 6.45) is -2.19. The van der Waals surface area contributed by atoms with Crippen molar-refractivity contribution in [3.05, 3.63) is 71.8 Å². The van der Waals surface area contributed by atoms with Gasteiger partial charge in [-0.1, -0.05) is 81.4 Å². The molecule has 2 amide bonds. The van der Waals surface area contributed by atoms with Crippen molar-refractivity contribution < 1.29 is 38.1 Å². The molecule has 2 aromatic rings. The highest BCUT2D eigenvalue weighted by Gasteiger charge is 2.33. The molecule has 218 valence electrons. The number of carbonyl (C=O) groups excluding carboxylic acids is 4. The Labute approximate surface area is 235 Å². The minimum atomic E-state index is -1.30. The molecule has 0 aliphatic carbocycles. The Morgan fingerprint density at radius 1 is 0.725 bits per heavy atom. The van der Waals surface area contributed by atoms with Gasteiger partial charge >= 0.3 is 18.2 Å². The maximum Gasteiger partial charge on any atom is 0.508 e. The van der Waals surface area contributed by atoms with Gasteiger partial charge in [0, 0.05) is 0 Å².